The number of nitrogens with zero attached hydrogens (tertiary/aromatic N) is 3. The number of aryl methyl sites for hydroxylation is 1. The van der Waals surface area contributed by atoms with Crippen LogP contribution in [0.15, 0.2) is 27.6 Å². The van der Waals surface area contributed by atoms with Crippen LogP contribution < -0.4 is 5.73 Å². The molecule has 0 saturated heterocycles. The Hall–Kier alpha value is -1.47. The van der Waals surface area contributed by atoms with Crippen molar-refractivity contribution in [3.05, 3.63) is 29.8 Å². The molecule has 17 heavy (non-hydrogen) atoms. The van der Waals surface area contributed by atoms with Crippen LogP contribution in [0.1, 0.15) is 18.4 Å². The van der Waals surface area contributed by atoms with Crippen LogP contribution in [0.4, 0.5) is 0 Å². The van der Waals surface area contributed by atoms with Crippen molar-refractivity contribution >= 4 is 29.1 Å². The van der Waals surface area contributed by atoms with Crippen LogP contribution in [0.3, 0.4) is 0 Å². The maximum Gasteiger partial charge on any atom is 0.174 e. The van der Waals surface area contributed by atoms with Crippen molar-refractivity contribution in [1.29, 1.82) is 5.41 Å². The standard InChI is InChI=1S/C10H11N5S2/c1-2-8-14-10(17-15-8)16-6-3-4-13-7(5-6)9(11)12/h3-5H,2H2,1H3,(H3,11,12). The fourth-order valence-corrected chi connectivity index (χ4v) is 2.85. The Bertz CT molecular complexity index is 537. The van der Waals surface area contributed by atoms with Gasteiger partial charge in [-0.25, -0.2) is 4.98 Å². The molecule has 5 nitrogen and oxygen atoms in total. The molecule has 0 aliphatic carbocycles. The number of rotatable bonds is 4. The Morgan fingerprint density at radius 1 is 1.59 bits per heavy atom. The van der Waals surface area contributed by atoms with Crippen LogP contribution in [0.25, 0.3) is 0 Å². The van der Waals surface area contributed by atoms with Crippen LogP contribution >= 0.6 is 23.3 Å². The second-order valence-electron chi connectivity index (χ2n) is 3.22. The van der Waals surface area contributed by atoms with Gasteiger partial charge in [-0.2, -0.15) is 4.37 Å². The lowest BCUT2D eigenvalue weighted by Crippen LogP contribution is -2.12. The number of aromatic nitrogens is 3. The summed E-state index contributed by atoms with van der Waals surface area (Å²) < 4.78 is 5.11. The van der Waals surface area contributed by atoms with Crippen molar-refractivity contribution in [1.82, 2.24) is 14.3 Å². The zero-order chi connectivity index (χ0) is 12.3. The highest BCUT2D eigenvalue weighted by atomic mass is 32.2. The highest BCUT2D eigenvalue weighted by Gasteiger charge is 2.06. The van der Waals surface area contributed by atoms with Crippen LogP contribution in [0.5, 0.6) is 0 Å². The number of pyridine rings is 1. The van der Waals surface area contributed by atoms with Crippen LogP contribution in [0, 0.1) is 5.41 Å². The monoisotopic (exact) mass is 265 g/mol. The summed E-state index contributed by atoms with van der Waals surface area (Å²) in [7, 11) is 0. The van der Waals surface area contributed by atoms with E-state index < -0.39 is 0 Å². The minimum Gasteiger partial charge on any atom is -0.382 e. The van der Waals surface area contributed by atoms with Crippen LogP contribution in [-0.2, 0) is 6.42 Å². The SMILES string of the molecule is CCc1nsc(Sc2ccnc(C(=N)N)c2)n1. The van der Waals surface area contributed by atoms with Gasteiger partial charge in [-0.05, 0) is 23.7 Å². The second kappa shape index (κ2) is 5.24. The minimum absolute atomic E-state index is 0.0287. The first-order valence-corrected chi connectivity index (χ1v) is 6.59. The molecule has 2 aromatic rings. The van der Waals surface area contributed by atoms with Gasteiger partial charge in [-0.3, -0.25) is 10.4 Å². The highest BCUT2D eigenvalue weighted by Crippen LogP contribution is 2.28. The molecule has 0 saturated carbocycles. The van der Waals surface area contributed by atoms with Gasteiger partial charge in [0.15, 0.2) is 4.34 Å². The third kappa shape index (κ3) is 3.01. The van der Waals surface area contributed by atoms with Gasteiger partial charge in [-0.1, -0.05) is 18.7 Å². The molecule has 2 aromatic heterocycles. The molecule has 0 atom stereocenters. The Kier molecular flexibility index (Phi) is 3.70. The molecule has 0 bridgehead atoms. The maximum atomic E-state index is 7.33. The van der Waals surface area contributed by atoms with E-state index in [1.165, 1.54) is 23.3 Å². The van der Waals surface area contributed by atoms with E-state index in [-0.39, 0.29) is 5.84 Å². The second-order valence-corrected chi connectivity index (χ2v) is 5.30. The minimum atomic E-state index is -0.0287. The fourth-order valence-electron chi connectivity index (χ4n) is 1.15. The average molecular weight is 265 g/mol. The predicted molar refractivity (Wildman–Crippen MR) is 68.7 cm³/mol. The van der Waals surface area contributed by atoms with Crippen LogP contribution in [0.2, 0.25) is 0 Å². The molecule has 88 valence electrons. The van der Waals surface area contributed by atoms with Gasteiger partial charge in [0, 0.05) is 17.5 Å². The van der Waals surface area contributed by atoms with Gasteiger partial charge in [0.2, 0.25) is 0 Å². The number of hydrogen-bond acceptors (Lipinski definition) is 6. The molecule has 0 radical (unpaired) electrons. The third-order valence-corrected chi connectivity index (χ3v) is 3.76. The van der Waals surface area contributed by atoms with Gasteiger partial charge in [0.05, 0.1) is 0 Å². The lowest BCUT2D eigenvalue weighted by atomic mass is 10.3. The van der Waals surface area contributed by atoms with Gasteiger partial charge < -0.3 is 5.73 Å². The Balaban J connectivity index is 2.18. The summed E-state index contributed by atoms with van der Waals surface area (Å²) in [5.41, 5.74) is 5.87. The summed E-state index contributed by atoms with van der Waals surface area (Å²) in [6.07, 6.45) is 2.48. The molecule has 2 rings (SSSR count). The van der Waals surface area contributed by atoms with Crippen molar-refractivity contribution in [3.8, 4) is 0 Å². The molecule has 0 aromatic carbocycles. The van der Waals surface area contributed by atoms with Crippen molar-refractivity contribution < 1.29 is 0 Å². The van der Waals surface area contributed by atoms with Gasteiger partial charge in [0.25, 0.3) is 0 Å². The number of hydrogen-bond donors (Lipinski definition) is 2. The molecule has 0 aliphatic rings. The van der Waals surface area contributed by atoms with E-state index in [9.17, 15) is 0 Å². The van der Waals surface area contributed by atoms with Gasteiger partial charge >= 0.3 is 0 Å². The normalized spacial score (nSPS) is 10.4. The van der Waals surface area contributed by atoms with Crippen molar-refractivity contribution in [2.45, 2.75) is 22.6 Å². The molecule has 0 amide bonds. The Labute approximate surface area is 107 Å². The quantitative estimate of drug-likeness (QED) is 0.651. The lowest BCUT2D eigenvalue weighted by molar-refractivity contribution is 0.971. The Morgan fingerprint density at radius 3 is 3.06 bits per heavy atom. The largest absolute Gasteiger partial charge is 0.382 e. The molecule has 3 N–H and O–H groups in total. The zero-order valence-electron chi connectivity index (χ0n) is 9.17. The summed E-state index contributed by atoms with van der Waals surface area (Å²) in [5.74, 6) is 0.831. The molecular weight excluding hydrogens is 254 g/mol. The topological polar surface area (TPSA) is 88.5 Å². The smallest absolute Gasteiger partial charge is 0.174 e. The highest BCUT2D eigenvalue weighted by molar-refractivity contribution is 8.01. The maximum absolute atomic E-state index is 7.33. The van der Waals surface area contributed by atoms with Crippen LogP contribution in [-0.4, -0.2) is 20.2 Å². The molecule has 0 unspecified atom stereocenters. The summed E-state index contributed by atoms with van der Waals surface area (Å²) in [6, 6.07) is 3.64. The predicted octanol–water partition coefficient (Wildman–Crippen LogP) is 1.93. The van der Waals surface area contributed by atoms with Gasteiger partial charge in [-0.15, -0.1) is 0 Å². The molecule has 0 fully saturated rings. The number of amidine groups is 1. The van der Waals surface area contributed by atoms with Crippen molar-refractivity contribution in [2.75, 3.05) is 0 Å². The Morgan fingerprint density at radius 2 is 2.41 bits per heavy atom. The first kappa shape index (κ1) is 12.0. The molecule has 2 heterocycles. The molecule has 7 heteroatoms. The van der Waals surface area contributed by atoms with E-state index in [0.29, 0.717) is 5.69 Å². The molecule has 0 aliphatic heterocycles. The average Bonchev–Trinajstić information content (AvgIpc) is 2.77. The van der Waals surface area contributed by atoms with E-state index >= 15 is 0 Å². The van der Waals surface area contributed by atoms with E-state index in [1.54, 1.807) is 12.3 Å². The summed E-state index contributed by atoms with van der Waals surface area (Å²) in [5, 5.41) is 7.33. The number of nitrogen functional groups attached to an aromatic ring is 1. The van der Waals surface area contributed by atoms with E-state index in [2.05, 4.69) is 14.3 Å². The summed E-state index contributed by atoms with van der Waals surface area (Å²) >= 11 is 2.89. The third-order valence-electron chi connectivity index (χ3n) is 1.98. The summed E-state index contributed by atoms with van der Waals surface area (Å²) in [4.78, 5) is 9.33. The van der Waals surface area contributed by atoms with Crippen molar-refractivity contribution in [2.24, 2.45) is 5.73 Å². The first-order chi connectivity index (χ1) is 8.19. The van der Waals surface area contributed by atoms with Gasteiger partial charge in [0.1, 0.15) is 17.4 Å². The first-order valence-electron chi connectivity index (χ1n) is 5.00. The fraction of sp³-hybridized carbons (Fsp3) is 0.200. The summed E-state index contributed by atoms with van der Waals surface area (Å²) in [6.45, 7) is 2.02. The zero-order valence-corrected chi connectivity index (χ0v) is 10.8. The van der Waals surface area contributed by atoms with E-state index in [0.717, 1.165) is 21.5 Å². The lowest BCUT2D eigenvalue weighted by Gasteiger charge is -2.00. The molecular formula is C10H11N5S2. The van der Waals surface area contributed by atoms with Crippen molar-refractivity contribution in [3.63, 3.8) is 0 Å². The number of nitrogens with two attached hydrogens (primary N) is 1. The van der Waals surface area contributed by atoms with E-state index in [1.807, 2.05) is 13.0 Å². The molecule has 0 spiro atoms. The van der Waals surface area contributed by atoms with E-state index in [4.69, 9.17) is 11.1 Å². The number of nitrogens with one attached hydrogen (secondary N) is 1.